The maximum absolute atomic E-state index is 13.5. The van der Waals surface area contributed by atoms with Gasteiger partial charge in [-0.3, -0.25) is 9.10 Å². The number of fused-ring (bicyclic) bond motifs is 1. The minimum absolute atomic E-state index is 0.211. The lowest BCUT2D eigenvalue weighted by atomic mass is 10.0. The van der Waals surface area contributed by atoms with Crippen LogP contribution in [0.5, 0.6) is 0 Å². The Morgan fingerprint density at radius 2 is 1.96 bits per heavy atom. The standard InChI is InChI=1S/C21H25ClN2O3S/c1-4-19(21(25)23-13-7-9-16-8-5-6-10-20(16)23)24(28(3,26)27)17-12-11-15(2)18(22)14-17/h5-6,8,10-12,14,19H,4,7,9,13H2,1-3H3/t19-/m0/s1. The number of sulfonamides is 1. The average molecular weight is 421 g/mol. The molecule has 0 unspecified atom stereocenters. The summed E-state index contributed by atoms with van der Waals surface area (Å²) in [6.45, 7) is 4.26. The largest absolute Gasteiger partial charge is 0.310 e. The van der Waals surface area contributed by atoms with E-state index in [1.165, 1.54) is 4.31 Å². The molecular weight excluding hydrogens is 396 g/mol. The number of hydrogen-bond acceptors (Lipinski definition) is 3. The topological polar surface area (TPSA) is 57.7 Å². The highest BCUT2D eigenvalue weighted by Gasteiger charge is 2.36. The van der Waals surface area contributed by atoms with E-state index in [1.807, 2.05) is 38.1 Å². The highest BCUT2D eigenvalue weighted by atomic mass is 35.5. The van der Waals surface area contributed by atoms with Crippen LogP contribution in [0.4, 0.5) is 11.4 Å². The number of halogens is 1. The zero-order valence-corrected chi connectivity index (χ0v) is 17.9. The molecule has 0 aromatic heterocycles. The van der Waals surface area contributed by atoms with E-state index in [2.05, 4.69) is 0 Å². The second-order valence-corrected chi connectivity index (χ2v) is 9.41. The van der Waals surface area contributed by atoms with E-state index in [0.717, 1.165) is 35.9 Å². The van der Waals surface area contributed by atoms with E-state index in [9.17, 15) is 13.2 Å². The summed E-state index contributed by atoms with van der Waals surface area (Å²) in [6, 6.07) is 12.0. The number of rotatable bonds is 5. The monoisotopic (exact) mass is 420 g/mol. The van der Waals surface area contributed by atoms with Gasteiger partial charge in [0.2, 0.25) is 10.0 Å². The molecule has 1 amide bonds. The quantitative estimate of drug-likeness (QED) is 0.729. The van der Waals surface area contributed by atoms with Gasteiger partial charge in [0, 0.05) is 17.3 Å². The number of carbonyl (C=O) groups excluding carboxylic acids is 1. The lowest BCUT2D eigenvalue weighted by Gasteiger charge is -2.36. The molecule has 7 heteroatoms. The summed E-state index contributed by atoms with van der Waals surface area (Å²) in [4.78, 5) is 15.2. The molecule has 1 heterocycles. The first-order valence-corrected chi connectivity index (χ1v) is 11.6. The van der Waals surface area contributed by atoms with Crippen molar-refractivity contribution in [3.8, 4) is 0 Å². The molecule has 1 aliphatic rings. The van der Waals surface area contributed by atoms with E-state index in [4.69, 9.17) is 11.6 Å². The molecule has 3 rings (SSSR count). The first-order chi connectivity index (χ1) is 13.2. The molecule has 0 fully saturated rings. The molecule has 28 heavy (non-hydrogen) atoms. The Labute approximate surface area is 172 Å². The smallest absolute Gasteiger partial charge is 0.250 e. The first kappa shape index (κ1) is 20.7. The van der Waals surface area contributed by atoms with Crippen LogP contribution < -0.4 is 9.21 Å². The van der Waals surface area contributed by atoms with Gasteiger partial charge in [-0.05, 0) is 55.5 Å². The van der Waals surface area contributed by atoms with Gasteiger partial charge in [-0.1, -0.05) is 42.8 Å². The third-order valence-corrected chi connectivity index (χ3v) is 6.69. The minimum Gasteiger partial charge on any atom is -0.310 e. The number of hydrogen-bond donors (Lipinski definition) is 0. The highest BCUT2D eigenvalue weighted by molar-refractivity contribution is 7.92. The summed E-state index contributed by atoms with van der Waals surface area (Å²) in [6.07, 6.45) is 3.26. The number of anilines is 2. The molecular formula is C21H25ClN2O3S. The summed E-state index contributed by atoms with van der Waals surface area (Å²) >= 11 is 6.23. The number of carbonyl (C=O) groups is 1. The summed E-state index contributed by atoms with van der Waals surface area (Å²) in [5.41, 5.74) is 3.24. The number of amides is 1. The van der Waals surface area contributed by atoms with Crippen LogP contribution in [0.1, 0.15) is 30.9 Å². The Balaban J connectivity index is 2.04. The van der Waals surface area contributed by atoms with Gasteiger partial charge in [-0.2, -0.15) is 0 Å². The number of nitrogens with zero attached hydrogens (tertiary/aromatic N) is 2. The van der Waals surface area contributed by atoms with Gasteiger partial charge in [0.1, 0.15) is 6.04 Å². The zero-order chi connectivity index (χ0) is 20.5. The van der Waals surface area contributed by atoms with Crippen LogP contribution in [0, 0.1) is 6.92 Å². The summed E-state index contributed by atoms with van der Waals surface area (Å²) in [7, 11) is -3.69. The number of benzene rings is 2. The third kappa shape index (κ3) is 4.03. The van der Waals surface area contributed by atoms with Crippen molar-refractivity contribution in [2.24, 2.45) is 0 Å². The maximum Gasteiger partial charge on any atom is 0.250 e. The molecule has 2 aromatic rings. The second-order valence-electron chi connectivity index (χ2n) is 7.14. The van der Waals surface area contributed by atoms with E-state index in [0.29, 0.717) is 23.7 Å². The third-order valence-electron chi connectivity index (χ3n) is 5.10. The zero-order valence-electron chi connectivity index (χ0n) is 16.4. The van der Waals surface area contributed by atoms with Gasteiger partial charge in [0.25, 0.3) is 5.91 Å². The van der Waals surface area contributed by atoms with Gasteiger partial charge in [0.05, 0.1) is 11.9 Å². The van der Waals surface area contributed by atoms with Gasteiger partial charge in [-0.25, -0.2) is 8.42 Å². The summed E-state index contributed by atoms with van der Waals surface area (Å²) in [5.74, 6) is -0.211. The molecule has 1 atom stereocenters. The Bertz CT molecular complexity index is 991. The average Bonchev–Trinajstić information content (AvgIpc) is 2.66. The lowest BCUT2D eigenvalue weighted by molar-refractivity contribution is -0.119. The van der Waals surface area contributed by atoms with Crippen molar-refractivity contribution >= 4 is 38.9 Å². The normalized spacial score (nSPS) is 15.1. The Morgan fingerprint density at radius 1 is 1.25 bits per heavy atom. The molecule has 150 valence electrons. The second kappa shape index (κ2) is 8.13. The lowest BCUT2D eigenvalue weighted by Crippen LogP contribution is -2.52. The van der Waals surface area contributed by atoms with Gasteiger partial charge in [0.15, 0.2) is 0 Å². The molecule has 0 radical (unpaired) electrons. The fourth-order valence-corrected chi connectivity index (χ4v) is 5.08. The van der Waals surface area contributed by atoms with Crippen LogP contribution in [-0.2, 0) is 21.2 Å². The van der Waals surface area contributed by atoms with Gasteiger partial charge < -0.3 is 4.90 Å². The fourth-order valence-electron chi connectivity index (χ4n) is 3.70. The molecule has 0 saturated carbocycles. The van der Waals surface area contributed by atoms with Crippen molar-refractivity contribution in [3.05, 3.63) is 58.6 Å². The van der Waals surface area contributed by atoms with Crippen molar-refractivity contribution < 1.29 is 13.2 Å². The van der Waals surface area contributed by atoms with Gasteiger partial charge >= 0.3 is 0 Å². The molecule has 0 spiro atoms. The van der Waals surface area contributed by atoms with E-state index in [1.54, 1.807) is 23.1 Å². The molecule has 1 aliphatic heterocycles. The SMILES string of the molecule is CC[C@@H](C(=O)N1CCCc2ccccc21)N(c1ccc(C)c(Cl)c1)S(C)(=O)=O. The van der Waals surface area contributed by atoms with Crippen LogP contribution in [0.2, 0.25) is 5.02 Å². The Kier molecular flexibility index (Phi) is 6.01. The molecule has 0 bridgehead atoms. The van der Waals surface area contributed by atoms with Crippen molar-refractivity contribution in [1.82, 2.24) is 0 Å². The maximum atomic E-state index is 13.5. The first-order valence-electron chi connectivity index (χ1n) is 9.39. The molecule has 0 aliphatic carbocycles. The highest BCUT2D eigenvalue weighted by Crippen LogP contribution is 2.31. The van der Waals surface area contributed by atoms with E-state index in [-0.39, 0.29) is 5.91 Å². The minimum atomic E-state index is -3.69. The summed E-state index contributed by atoms with van der Waals surface area (Å²) < 4.78 is 26.6. The number of aryl methyl sites for hydroxylation is 2. The van der Waals surface area contributed by atoms with Crippen LogP contribution in [0.3, 0.4) is 0 Å². The van der Waals surface area contributed by atoms with Crippen molar-refractivity contribution in [2.75, 3.05) is 22.0 Å². The Morgan fingerprint density at radius 3 is 2.61 bits per heavy atom. The molecule has 0 N–H and O–H groups in total. The molecule has 0 saturated heterocycles. The van der Waals surface area contributed by atoms with Crippen LogP contribution >= 0.6 is 11.6 Å². The van der Waals surface area contributed by atoms with Gasteiger partial charge in [-0.15, -0.1) is 0 Å². The molecule has 5 nitrogen and oxygen atoms in total. The van der Waals surface area contributed by atoms with E-state index < -0.39 is 16.1 Å². The molecule has 2 aromatic carbocycles. The van der Waals surface area contributed by atoms with Crippen LogP contribution in [0.25, 0.3) is 0 Å². The predicted molar refractivity (Wildman–Crippen MR) is 115 cm³/mol. The Hall–Kier alpha value is -2.05. The van der Waals surface area contributed by atoms with Crippen molar-refractivity contribution in [3.63, 3.8) is 0 Å². The number of para-hydroxylation sites is 1. The summed E-state index contributed by atoms with van der Waals surface area (Å²) in [5, 5.41) is 0.469. The van der Waals surface area contributed by atoms with Crippen molar-refractivity contribution in [2.45, 2.75) is 39.2 Å². The van der Waals surface area contributed by atoms with Crippen molar-refractivity contribution in [1.29, 1.82) is 0 Å². The predicted octanol–water partition coefficient (Wildman–Crippen LogP) is 4.17. The fraction of sp³-hybridized carbons (Fsp3) is 0.381. The van der Waals surface area contributed by atoms with Crippen LogP contribution in [-0.4, -0.2) is 33.2 Å². The van der Waals surface area contributed by atoms with Crippen LogP contribution in [0.15, 0.2) is 42.5 Å². The van der Waals surface area contributed by atoms with E-state index >= 15 is 0 Å².